The average molecular weight is 389 g/mol. The highest BCUT2D eigenvalue weighted by atomic mass is 32.1. The smallest absolute Gasteiger partial charge is 0.387 e. The van der Waals surface area contributed by atoms with E-state index in [1.54, 1.807) is 47.7 Å². The van der Waals surface area contributed by atoms with Crippen molar-refractivity contribution in [3.05, 3.63) is 82.0 Å². The molecule has 7 heteroatoms. The third kappa shape index (κ3) is 5.79. The fraction of sp³-hybridized carbons (Fsp3) is 0.150. The van der Waals surface area contributed by atoms with E-state index in [-0.39, 0.29) is 18.2 Å². The molecule has 0 saturated heterocycles. The van der Waals surface area contributed by atoms with Gasteiger partial charge in [-0.25, -0.2) is 0 Å². The Morgan fingerprint density at radius 3 is 2.56 bits per heavy atom. The number of nitrogens with one attached hydrogen (secondary N) is 1. The number of ether oxygens (including phenoxy) is 2. The number of rotatable bonds is 8. The molecule has 2 aromatic carbocycles. The van der Waals surface area contributed by atoms with E-state index in [2.05, 4.69) is 10.1 Å². The first-order chi connectivity index (χ1) is 13.1. The molecule has 0 bridgehead atoms. The minimum absolute atomic E-state index is 0.0793. The zero-order valence-electron chi connectivity index (χ0n) is 14.2. The van der Waals surface area contributed by atoms with Gasteiger partial charge in [-0.15, -0.1) is 11.3 Å². The number of thiophene rings is 1. The van der Waals surface area contributed by atoms with Crippen LogP contribution in [0, 0.1) is 0 Å². The van der Waals surface area contributed by atoms with Gasteiger partial charge in [0, 0.05) is 17.0 Å². The van der Waals surface area contributed by atoms with Gasteiger partial charge in [0.15, 0.2) is 0 Å². The summed E-state index contributed by atoms with van der Waals surface area (Å²) >= 11 is 1.61. The Morgan fingerprint density at radius 1 is 1.04 bits per heavy atom. The molecule has 0 spiro atoms. The van der Waals surface area contributed by atoms with Gasteiger partial charge in [-0.1, -0.05) is 24.3 Å². The highest BCUT2D eigenvalue weighted by Gasteiger charge is 2.08. The van der Waals surface area contributed by atoms with Crippen molar-refractivity contribution in [2.75, 3.05) is 0 Å². The minimum Gasteiger partial charge on any atom is -0.488 e. The molecule has 0 unspecified atom stereocenters. The average Bonchev–Trinajstić information content (AvgIpc) is 3.19. The standard InChI is InChI=1S/C20H17F2NO3S/c21-20(22)26-16-8-6-14(7-9-16)12-23-19(24)15-3-1-4-17(11-15)25-13-18-5-2-10-27-18/h1-11,20H,12-13H2,(H,23,24). The Balaban J connectivity index is 1.53. The lowest BCUT2D eigenvalue weighted by atomic mass is 10.2. The van der Waals surface area contributed by atoms with E-state index in [9.17, 15) is 13.6 Å². The zero-order valence-corrected chi connectivity index (χ0v) is 15.0. The van der Waals surface area contributed by atoms with Gasteiger partial charge in [0.25, 0.3) is 5.91 Å². The summed E-state index contributed by atoms with van der Waals surface area (Å²) < 4.78 is 34.3. The first kappa shape index (κ1) is 18.8. The van der Waals surface area contributed by atoms with Gasteiger partial charge >= 0.3 is 6.61 Å². The van der Waals surface area contributed by atoms with Crippen molar-refractivity contribution in [3.8, 4) is 11.5 Å². The van der Waals surface area contributed by atoms with E-state index < -0.39 is 6.61 Å². The molecule has 0 aliphatic carbocycles. The molecule has 4 nitrogen and oxygen atoms in total. The molecule has 0 radical (unpaired) electrons. The van der Waals surface area contributed by atoms with Gasteiger partial charge in [0.1, 0.15) is 18.1 Å². The molecule has 140 valence electrons. The van der Waals surface area contributed by atoms with Crippen LogP contribution in [0.4, 0.5) is 8.78 Å². The fourth-order valence-electron chi connectivity index (χ4n) is 2.35. The van der Waals surface area contributed by atoms with Gasteiger partial charge in [0.2, 0.25) is 0 Å². The predicted octanol–water partition coefficient (Wildman–Crippen LogP) is 4.86. The largest absolute Gasteiger partial charge is 0.488 e. The second-order valence-electron chi connectivity index (χ2n) is 5.60. The topological polar surface area (TPSA) is 47.6 Å². The van der Waals surface area contributed by atoms with Crippen molar-refractivity contribution in [1.29, 1.82) is 0 Å². The highest BCUT2D eigenvalue weighted by Crippen LogP contribution is 2.18. The van der Waals surface area contributed by atoms with Gasteiger partial charge in [-0.3, -0.25) is 4.79 Å². The number of carbonyl (C=O) groups excluding carboxylic acids is 1. The van der Waals surface area contributed by atoms with Crippen molar-refractivity contribution in [2.24, 2.45) is 0 Å². The number of alkyl halides is 2. The van der Waals surface area contributed by atoms with Crippen LogP contribution >= 0.6 is 11.3 Å². The van der Waals surface area contributed by atoms with Crippen LogP contribution in [0.25, 0.3) is 0 Å². The number of hydrogen-bond acceptors (Lipinski definition) is 4. The van der Waals surface area contributed by atoms with Crippen LogP contribution in [0.5, 0.6) is 11.5 Å². The molecule has 1 amide bonds. The van der Waals surface area contributed by atoms with Gasteiger partial charge < -0.3 is 14.8 Å². The summed E-state index contributed by atoms with van der Waals surface area (Å²) in [5.74, 6) is 0.449. The van der Waals surface area contributed by atoms with Gasteiger partial charge in [-0.2, -0.15) is 8.78 Å². The molecule has 0 aliphatic rings. The SMILES string of the molecule is O=C(NCc1ccc(OC(F)F)cc1)c1cccc(OCc2cccs2)c1. The molecule has 0 aliphatic heterocycles. The molecule has 1 aromatic heterocycles. The third-order valence-electron chi connectivity index (χ3n) is 3.66. The maximum atomic E-state index is 12.3. The van der Waals surface area contributed by atoms with Crippen molar-refractivity contribution >= 4 is 17.2 Å². The number of hydrogen-bond donors (Lipinski definition) is 1. The molecule has 0 saturated carbocycles. The number of halogens is 2. The summed E-state index contributed by atoms with van der Waals surface area (Å²) in [6.07, 6.45) is 0. The van der Waals surface area contributed by atoms with E-state index in [0.717, 1.165) is 10.4 Å². The first-order valence-corrected chi connectivity index (χ1v) is 9.05. The lowest BCUT2D eigenvalue weighted by Crippen LogP contribution is -2.22. The van der Waals surface area contributed by atoms with E-state index in [4.69, 9.17) is 4.74 Å². The Morgan fingerprint density at radius 2 is 1.85 bits per heavy atom. The van der Waals surface area contributed by atoms with Crippen molar-refractivity contribution in [1.82, 2.24) is 5.32 Å². The van der Waals surface area contributed by atoms with Crippen LogP contribution in [0.1, 0.15) is 20.8 Å². The van der Waals surface area contributed by atoms with Crippen LogP contribution in [0.15, 0.2) is 66.0 Å². The summed E-state index contributed by atoms with van der Waals surface area (Å²) in [5.41, 5.74) is 1.26. The minimum atomic E-state index is -2.86. The van der Waals surface area contributed by atoms with Crippen LogP contribution in [0.3, 0.4) is 0 Å². The van der Waals surface area contributed by atoms with E-state index in [1.807, 2.05) is 17.5 Å². The quantitative estimate of drug-likeness (QED) is 0.599. The molecular weight excluding hydrogens is 372 g/mol. The number of benzene rings is 2. The molecule has 0 fully saturated rings. The molecule has 0 atom stereocenters. The maximum absolute atomic E-state index is 12.3. The van der Waals surface area contributed by atoms with Crippen LogP contribution < -0.4 is 14.8 Å². The molecule has 1 N–H and O–H groups in total. The van der Waals surface area contributed by atoms with Gasteiger partial charge in [-0.05, 0) is 47.3 Å². The summed E-state index contributed by atoms with van der Waals surface area (Å²) in [4.78, 5) is 13.4. The highest BCUT2D eigenvalue weighted by molar-refractivity contribution is 7.09. The van der Waals surface area contributed by atoms with Crippen molar-refractivity contribution in [3.63, 3.8) is 0 Å². The van der Waals surface area contributed by atoms with Crippen LogP contribution in [0.2, 0.25) is 0 Å². The Kier molecular flexibility index (Phi) is 6.38. The van der Waals surface area contributed by atoms with E-state index in [1.165, 1.54) is 12.1 Å². The summed E-state index contributed by atoms with van der Waals surface area (Å²) in [6.45, 7) is -2.13. The number of carbonyl (C=O) groups is 1. The second kappa shape index (κ2) is 9.14. The third-order valence-corrected chi connectivity index (χ3v) is 4.51. The lowest BCUT2D eigenvalue weighted by Gasteiger charge is -2.09. The summed E-state index contributed by atoms with van der Waals surface area (Å²) in [5, 5.41) is 4.77. The molecule has 1 heterocycles. The fourth-order valence-corrected chi connectivity index (χ4v) is 2.97. The molecule has 3 aromatic rings. The maximum Gasteiger partial charge on any atom is 0.387 e. The van der Waals surface area contributed by atoms with Gasteiger partial charge in [0.05, 0.1) is 0 Å². The van der Waals surface area contributed by atoms with Crippen LogP contribution in [-0.2, 0) is 13.2 Å². The second-order valence-corrected chi connectivity index (χ2v) is 6.63. The van der Waals surface area contributed by atoms with Crippen LogP contribution in [-0.4, -0.2) is 12.5 Å². The molecule has 3 rings (SSSR count). The normalized spacial score (nSPS) is 10.6. The van der Waals surface area contributed by atoms with E-state index in [0.29, 0.717) is 17.9 Å². The first-order valence-electron chi connectivity index (χ1n) is 8.17. The molecular formula is C20H17F2NO3S. The Bertz CT molecular complexity index is 867. The monoisotopic (exact) mass is 389 g/mol. The Labute approximate surface area is 159 Å². The number of amides is 1. The van der Waals surface area contributed by atoms with Crippen molar-refractivity contribution in [2.45, 2.75) is 19.8 Å². The summed E-state index contributed by atoms with van der Waals surface area (Å²) in [6, 6.07) is 17.0. The van der Waals surface area contributed by atoms with E-state index >= 15 is 0 Å². The zero-order chi connectivity index (χ0) is 19.1. The lowest BCUT2D eigenvalue weighted by molar-refractivity contribution is -0.0498. The van der Waals surface area contributed by atoms with Crippen molar-refractivity contribution < 1.29 is 23.0 Å². The predicted molar refractivity (Wildman–Crippen MR) is 99.3 cm³/mol. The Hall–Kier alpha value is -2.93. The summed E-state index contributed by atoms with van der Waals surface area (Å²) in [7, 11) is 0. The molecule has 27 heavy (non-hydrogen) atoms.